The Hall–Kier alpha value is -2.62. The van der Waals surface area contributed by atoms with Crippen molar-refractivity contribution in [2.24, 2.45) is 0 Å². The molecule has 100 valence electrons. The first-order chi connectivity index (χ1) is 9.72. The molecule has 0 radical (unpaired) electrons. The molecule has 0 bridgehead atoms. The molecular weight excluding hydrogens is 250 g/mol. The summed E-state index contributed by atoms with van der Waals surface area (Å²) in [4.78, 5) is 11.6. The van der Waals surface area contributed by atoms with Crippen LogP contribution in [0.15, 0.2) is 53.5 Å². The van der Waals surface area contributed by atoms with Crippen LogP contribution in [0.3, 0.4) is 0 Å². The highest BCUT2D eigenvalue weighted by molar-refractivity contribution is 5.81. The third-order valence-electron chi connectivity index (χ3n) is 3.41. The normalized spacial score (nSPS) is 10.8. The molecule has 3 rings (SSSR count). The predicted molar refractivity (Wildman–Crippen MR) is 80.6 cm³/mol. The second kappa shape index (κ2) is 5.17. The third kappa shape index (κ3) is 2.54. The smallest absolute Gasteiger partial charge is 0.272 e. The number of hydrogen-bond donors (Lipinski definition) is 2. The number of hydrogen-bond acceptors (Lipinski definition) is 3. The van der Waals surface area contributed by atoms with Gasteiger partial charge < -0.3 is 5.73 Å². The molecule has 0 fully saturated rings. The summed E-state index contributed by atoms with van der Waals surface area (Å²) >= 11 is 0. The van der Waals surface area contributed by atoms with Crippen LogP contribution in [0.5, 0.6) is 0 Å². The van der Waals surface area contributed by atoms with Crippen molar-refractivity contribution in [3.63, 3.8) is 0 Å². The number of anilines is 1. The van der Waals surface area contributed by atoms with Crippen molar-refractivity contribution >= 4 is 16.5 Å². The van der Waals surface area contributed by atoms with Gasteiger partial charge in [-0.15, -0.1) is 0 Å². The van der Waals surface area contributed by atoms with E-state index in [1.54, 1.807) is 6.20 Å². The monoisotopic (exact) mass is 265 g/mol. The van der Waals surface area contributed by atoms with Gasteiger partial charge in [-0.1, -0.05) is 18.2 Å². The lowest BCUT2D eigenvalue weighted by Crippen LogP contribution is -2.07. The van der Waals surface area contributed by atoms with E-state index in [4.69, 9.17) is 5.73 Å². The van der Waals surface area contributed by atoms with Crippen molar-refractivity contribution in [3.05, 3.63) is 70.1 Å². The molecular formula is C16H15N3O. The van der Waals surface area contributed by atoms with E-state index >= 15 is 0 Å². The van der Waals surface area contributed by atoms with Gasteiger partial charge in [0.2, 0.25) is 0 Å². The SMILES string of the molecule is Nc1ccc(CCc2ccc3c(=O)[nH]ncc3c2)cc1. The first-order valence-electron chi connectivity index (χ1n) is 6.53. The maximum Gasteiger partial charge on any atom is 0.272 e. The Kier molecular flexibility index (Phi) is 3.21. The number of nitrogen functional groups attached to an aromatic ring is 1. The zero-order valence-electron chi connectivity index (χ0n) is 11.0. The van der Waals surface area contributed by atoms with E-state index in [1.165, 1.54) is 11.1 Å². The van der Waals surface area contributed by atoms with Gasteiger partial charge in [0.1, 0.15) is 0 Å². The van der Waals surface area contributed by atoms with Crippen LogP contribution in [-0.4, -0.2) is 10.2 Å². The van der Waals surface area contributed by atoms with Gasteiger partial charge in [-0.2, -0.15) is 5.10 Å². The van der Waals surface area contributed by atoms with E-state index in [9.17, 15) is 4.79 Å². The average molecular weight is 265 g/mol. The van der Waals surface area contributed by atoms with Crippen LogP contribution in [0.25, 0.3) is 10.8 Å². The van der Waals surface area contributed by atoms with Gasteiger partial charge in [0.25, 0.3) is 5.56 Å². The summed E-state index contributed by atoms with van der Waals surface area (Å²) in [5.74, 6) is 0. The fourth-order valence-electron chi connectivity index (χ4n) is 2.27. The van der Waals surface area contributed by atoms with Crippen LogP contribution in [0.4, 0.5) is 5.69 Å². The second-order valence-corrected chi connectivity index (χ2v) is 4.86. The molecule has 0 saturated carbocycles. The molecule has 2 aromatic carbocycles. The fraction of sp³-hybridized carbons (Fsp3) is 0.125. The van der Waals surface area contributed by atoms with E-state index in [0.29, 0.717) is 5.39 Å². The molecule has 3 N–H and O–H groups in total. The molecule has 0 spiro atoms. The van der Waals surface area contributed by atoms with Gasteiger partial charge in [0.15, 0.2) is 0 Å². The number of nitrogens with two attached hydrogens (primary N) is 1. The number of aromatic amines is 1. The summed E-state index contributed by atoms with van der Waals surface area (Å²) in [6, 6.07) is 13.8. The zero-order chi connectivity index (χ0) is 13.9. The maximum atomic E-state index is 11.6. The largest absolute Gasteiger partial charge is 0.399 e. The van der Waals surface area contributed by atoms with Crippen molar-refractivity contribution in [2.75, 3.05) is 5.73 Å². The van der Waals surface area contributed by atoms with Gasteiger partial charge in [0, 0.05) is 11.1 Å². The van der Waals surface area contributed by atoms with Crippen molar-refractivity contribution in [1.29, 1.82) is 0 Å². The Labute approximate surface area is 116 Å². The average Bonchev–Trinajstić information content (AvgIpc) is 2.47. The molecule has 0 aliphatic carbocycles. The van der Waals surface area contributed by atoms with E-state index in [0.717, 1.165) is 23.9 Å². The fourth-order valence-corrected chi connectivity index (χ4v) is 2.27. The molecule has 0 saturated heterocycles. The van der Waals surface area contributed by atoms with Crippen LogP contribution in [0, 0.1) is 0 Å². The molecule has 0 amide bonds. The van der Waals surface area contributed by atoms with Gasteiger partial charge in [0.05, 0.1) is 11.6 Å². The second-order valence-electron chi connectivity index (χ2n) is 4.86. The molecule has 20 heavy (non-hydrogen) atoms. The Morgan fingerprint density at radius 3 is 2.50 bits per heavy atom. The minimum absolute atomic E-state index is 0.146. The van der Waals surface area contributed by atoms with E-state index in [-0.39, 0.29) is 5.56 Å². The Morgan fingerprint density at radius 2 is 1.70 bits per heavy atom. The van der Waals surface area contributed by atoms with Crippen LogP contribution in [0.1, 0.15) is 11.1 Å². The third-order valence-corrected chi connectivity index (χ3v) is 3.41. The van der Waals surface area contributed by atoms with Crippen LogP contribution < -0.4 is 11.3 Å². The first kappa shape index (κ1) is 12.4. The highest BCUT2D eigenvalue weighted by atomic mass is 16.1. The standard InChI is InChI=1S/C16H15N3O/c17-14-6-3-11(4-7-14)1-2-12-5-8-15-13(9-12)10-18-19-16(15)20/h3-10H,1-2,17H2,(H,19,20). The number of fused-ring (bicyclic) bond motifs is 1. The molecule has 1 aromatic heterocycles. The zero-order valence-corrected chi connectivity index (χ0v) is 11.0. The lowest BCUT2D eigenvalue weighted by atomic mass is 10.0. The van der Waals surface area contributed by atoms with Crippen molar-refractivity contribution < 1.29 is 0 Å². The Morgan fingerprint density at radius 1 is 1.00 bits per heavy atom. The van der Waals surface area contributed by atoms with Crippen molar-refractivity contribution in [2.45, 2.75) is 12.8 Å². The van der Waals surface area contributed by atoms with Gasteiger partial charge in [-0.05, 0) is 48.2 Å². The molecule has 4 nitrogen and oxygen atoms in total. The summed E-state index contributed by atoms with van der Waals surface area (Å²) in [5, 5.41) is 7.82. The first-order valence-corrected chi connectivity index (χ1v) is 6.53. The molecule has 1 heterocycles. The van der Waals surface area contributed by atoms with Crippen LogP contribution in [-0.2, 0) is 12.8 Å². The summed E-state index contributed by atoms with van der Waals surface area (Å²) in [6.45, 7) is 0. The Balaban J connectivity index is 1.81. The maximum absolute atomic E-state index is 11.6. The quantitative estimate of drug-likeness (QED) is 0.714. The number of aromatic nitrogens is 2. The van der Waals surface area contributed by atoms with E-state index < -0.39 is 0 Å². The number of benzene rings is 2. The number of nitrogens with zero attached hydrogens (tertiary/aromatic N) is 1. The summed E-state index contributed by atoms with van der Waals surface area (Å²) < 4.78 is 0. The number of aryl methyl sites for hydroxylation is 2. The summed E-state index contributed by atoms with van der Waals surface area (Å²) in [6.07, 6.45) is 3.55. The van der Waals surface area contributed by atoms with E-state index in [1.807, 2.05) is 42.5 Å². The molecule has 0 unspecified atom stereocenters. The van der Waals surface area contributed by atoms with Crippen LogP contribution >= 0.6 is 0 Å². The Bertz CT molecular complexity index is 791. The minimum Gasteiger partial charge on any atom is -0.399 e. The van der Waals surface area contributed by atoms with Crippen molar-refractivity contribution in [3.8, 4) is 0 Å². The van der Waals surface area contributed by atoms with Crippen molar-refractivity contribution in [1.82, 2.24) is 10.2 Å². The number of H-pyrrole nitrogens is 1. The lowest BCUT2D eigenvalue weighted by Gasteiger charge is -2.04. The van der Waals surface area contributed by atoms with Gasteiger partial charge in [-0.25, -0.2) is 5.10 Å². The van der Waals surface area contributed by atoms with Crippen LogP contribution in [0.2, 0.25) is 0 Å². The molecule has 0 aliphatic heterocycles. The van der Waals surface area contributed by atoms with Gasteiger partial charge in [-0.3, -0.25) is 4.79 Å². The minimum atomic E-state index is -0.146. The highest BCUT2D eigenvalue weighted by Crippen LogP contribution is 2.14. The molecule has 0 aliphatic rings. The summed E-state index contributed by atoms with van der Waals surface area (Å²) in [7, 11) is 0. The topological polar surface area (TPSA) is 71.8 Å². The van der Waals surface area contributed by atoms with E-state index in [2.05, 4.69) is 10.2 Å². The van der Waals surface area contributed by atoms with Gasteiger partial charge >= 0.3 is 0 Å². The lowest BCUT2D eigenvalue weighted by molar-refractivity contribution is 0.960. The molecule has 3 aromatic rings. The molecule has 4 heteroatoms. The summed E-state index contributed by atoms with van der Waals surface area (Å²) in [5.41, 5.74) is 8.76. The number of rotatable bonds is 3. The molecule has 0 atom stereocenters. The predicted octanol–water partition coefficient (Wildman–Crippen LogP) is 2.29. The number of nitrogens with one attached hydrogen (secondary N) is 1. The highest BCUT2D eigenvalue weighted by Gasteiger charge is 2.01.